The van der Waals surface area contributed by atoms with Gasteiger partial charge < -0.3 is 0 Å². The van der Waals surface area contributed by atoms with Crippen molar-refractivity contribution in [2.24, 2.45) is 0 Å². The van der Waals surface area contributed by atoms with E-state index in [2.05, 4.69) is 34.4 Å². The van der Waals surface area contributed by atoms with Gasteiger partial charge in [-0.15, -0.1) is 10.2 Å². The highest BCUT2D eigenvalue weighted by atomic mass is 32.2. The number of hydrogen-bond donors (Lipinski definition) is 0. The molecule has 2 aromatic carbocycles. The van der Waals surface area contributed by atoms with Crippen molar-refractivity contribution in [1.29, 1.82) is 0 Å². The number of aryl methyl sites for hydroxylation is 1. The first-order valence-electron chi connectivity index (χ1n) is 8.21. The summed E-state index contributed by atoms with van der Waals surface area (Å²) in [6, 6.07) is 21.3. The first-order valence-corrected chi connectivity index (χ1v) is 9.20. The van der Waals surface area contributed by atoms with E-state index in [1.165, 1.54) is 17.3 Å². The second-order valence-electron chi connectivity index (χ2n) is 5.92. The van der Waals surface area contributed by atoms with Crippen LogP contribution in [0.4, 0.5) is 0 Å². The third-order valence-corrected chi connectivity index (χ3v) is 4.93. The maximum Gasteiger partial charge on any atom is 0.212 e. The second kappa shape index (κ2) is 7.09. The smallest absolute Gasteiger partial charge is 0.212 e. The van der Waals surface area contributed by atoms with Crippen LogP contribution in [0, 0.1) is 6.92 Å². The Labute approximate surface area is 155 Å². The molecule has 0 aliphatic heterocycles. The third-order valence-electron chi connectivity index (χ3n) is 4.01. The van der Waals surface area contributed by atoms with Crippen molar-refractivity contribution in [3.05, 3.63) is 77.9 Å². The van der Waals surface area contributed by atoms with Crippen LogP contribution in [0.15, 0.2) is 71.9 Å². The standard InChI is InChI=1S/C20H16N4OS/c1-14-7-9-15(10-8-14)17-11-12-19-21-22-20(24(19)23-17)26-13-18(25)16-5-3-2-4-6-16/h2-12H,13H2,1H3. The van der Waals surface area contributed by atoms with E-state index in [1.54, 1.807) is 4.52 Å². The fourth-order valence-electron chi connectivity index (χ4n) is 2.57. The van der Waals surface area contributed by atoms with Gasteiger partial charge in [-0.1, -0.05) is 71.9 Å². The number of benzene rings is 2. The van der Waals surface area contributed by atoms with E-state index >= 15 is 0 Å². The first kappa shape index (κ1) is 16.5. The van der Waals surface area contributed by atoms with Gasteiger partial charge in [0.15, 0.2) is 11.4 Å². The van der Waals surface area contributed by atoms with Crippen molar-refractivity contribution in [2.75, 3.05) is 5.75 Å². The van der Waals surface area contributed by atoms with Gasteiger partial charge in [0.1, 0.15) is 0 Å². The molecule has 0 radical (unpaired) electrons. The summed E-state index contributed by atoms with van der Waals surface area (Å²) < 4.78 is 1.69. The minimum absolute atomic E-state index is 0.0574. The van der Waals surface area contributed by atoms with Crippen molar-refractivity contribution in [3.63, 3.8) is 0 Å². The van der Waals surface area contributed by atoms with Crippen LogP contribution in [0.1, 0.15) is 15.9 Å². The van der Waals surface area contributed by atoms with Crippen LogP contribution in [-0.4, -0.2) is 31.3 Å². The molecule has 0 bridgehead atoms. The van der Waals surface area contributed by atoms with Crippen LogP contribution >= 0.6 is 11.8 Å². The highest BCUT2D eigenvalue weighted by Gasteiger charge is 2.12. The predicted molar refractivity (Wildman–Crippen MR) is 102 cm³/mol. The zero-order valence-corrected chi connectivity index (χ0v) is 15.0. The number of aromatic nitrogens is 4. The molecule has 0 fully saturated rings. The Morgan fingerprint density at radius 1 is 0.962 bits per heavy atom. The molecule has 0 saturated carbocycles. The highest BCUT2D eigenvalue weighted by molar-refractivity contribution is 7.99. The third kappa shape index (κ3) is 3.36. The molecule has 0 spiro atoms. The number of rotatable bonds is 5. The maximum absolute atomic E-state index is 12.3. The Morgan fingerprint density at radius 3 is 2.50 bits per heavy atom. The Kier molecular flexibility index (Phi) is 4.50. The molecular weight excluding hydrogens is 344 g/mol. The van der Waals surface area contributed by atoms with E-state index < -0.39 is 0 Å². The summed E-state index contributed by atoms with van der Waals surface area (Å²) >= 11 is 1.34. The SMILES string of the molecule is Cc1ccc(-c2ccc3nnc(SCC(=O)c4ccccc4)n3n2)cc1. The number of ketones is 1. The molecule has 128 valence electrons. The molecule has 0 aliphatic rings. The summed E-state index contributed by atoms with van der Waals surface area (Å²) in [5, 5.41) is 13.6. The molecule has 0 atom stereocenters. The number of hydrogen-bond acceptors (Lipinski definition) is 5. The van der Waals surface area contributed by atoms with Gasteiger partial charge in [0.2, 0.25) is 5.16 Å². The van der Waals surface area contributed by atoms with Crippen molar-refractivity contribution >= 4 is 23.2 Å². The lowest BCUT2D eigenvalue weighted by molar-refractivity contribution is 0.102. The number of nitrogens with zero attached hydrogens (tertiary/aromatic N) is 4. The fourth-order valence-corrected chi connectivity index (χ4v) is 3.36. The Morgan fingerprint density at radius 2 is 1.73 bits per heavy atom. The molecule has 6 heteroatoms. The quantitative estimate of drug-likeness (QED) is 0.396. The van der Waals surface area contributed by atoms with Crippen molar-refractivity contribution in [3.8, 4) is 11.3 Å². The molecule has 0 saturated heterocycles. The van der Waals surface area contributed by atoms with E-state index in [9.17, 15) is 4.79 Å². The number of fused-ring (bicyclic) bond motifs is 1. The zero-order valence-electron chi connectivity index (χ0n) is 14.2. The fraction of sp³-hybridized carbons (Fsp3) is 0.100. The molecule has 0 N–H and O–H groups in total. The summed E-state index contributed by atoms with van der Waals surface area (Å²) in [4.78, 5) is 12.3. The minimum Gasteiger partial charge on any atom is -0.293 e. The summed E-state index contributed by atoms with van der Waals surface area (Å²) in [7, 11) is 0. The molecule has 2 heterocycles. The number of Topliss-reactive ketones (excluding diaryl/α,β-unsaturated/α-hetero) is 1. The molecular formula is C20H16N4OS. The Hall–Kier alpha value is -2.99. The molecule has 2 aromatic heterocycles. The van der Waals surface area contributed by atoms with Gasteiger partial charge in [0.05, 0.1) is 11.4 Å². The Balaban J connectivity index is 1.58. The minimum atomic E-state index is 0.0574. The molecule has 26 heavy (non-hydrogen) atoms. The maximum atomic E-state index is 12.3. The summed E-state index contributed by atoms with van der Waals surface area (Å²) in [5.74, 6) is 0.350. The van der Waals surface area contributed by atoms with Gasteiger partial charge in [-0.2, -0.15) is 9.61 Å². The van der Waals surface area contributed by atoms with Crippen LogP contribution in [0.2, 0.25) is 0 Å². The number of carbonyl (C=O) groups is 1. The van der Waals surface area contributed by atoms with Gasteiger partial charge in [0.25, 0.3) is 0 Å². The van der Waals surface area contributed by atoms with E-state index in [0.717, 1.165) is 11.3 Å². The first-order chi connectivity index (χ1) is 12.7. The summed E-state index contributed by atoms with van der Waals surface area (Å²) in [5.41, 5.74) is 4.43. The van der Waals surface area contributed by atoms with Crippen LogP contribution in [0.25, 0.3) is 16.9 Å². The van der Waals surface area contributed by atoms with Gasteiger partial charge >= 0.3 is 0 Å². The topological polar surface area (TPSA) is 60.2 Å². The Bertz CT molecular complexity index is 1060. The average molecular weight is 360 g/mol. The molecule has 0 amide bonds. The van der Waals surface area contributed by atoms with Crippen molar-refractivity contribution in [2.45, 2.75) is 12.1 Å². The lowest BCUT2D eigenvalue weighted by atomic mass is 10.1. The predicted octanol–water partition coefficient (Wildman–Crippen LogP) is 4.07. The molecule has 0 unspecified atom stereocenters. The van der Waals surface area contributed by atoms with Crippen molar-refractivity contribution < 1.29 is 4.79 Å². The van der Waals surface area contributed by atoms with Gasteiger partial charge in [0, 0.05) is 11.1 Å². The van der Waals surface area contributed by atoms with Crippen LogP contribution in [0.3, 0.4) is 0 Å². The molecule has 4 aromatic rings. The molecule has 0 aliphatic carbocycles. The zero-order chi connectivity index (χ0) is 17.9. The number of carbonyl (C=O) groups excluding carboxylic acids is 1. The van der Waals surface area contributed by atoms with E-state index in [4.69, 9.17) is 0 Å². The van der Waals surface area contributed by atoms with Crippen molar-refractivity contribution in [1.82, 2.24) is 19.8 Å². The lowest BCUT2D eigenvalue weighted by Crippen LogP contribution is -2.03. The van der Waals surface area contributed by atoms with Crippen LogP contribution in [-0.2, 0) is 0 Å². The van der Waals surface area contributed by atoms with E-state index in [1.807, 2.05) is 54.6 Å². The summed E-state index contributed by atoms with van der Waals surface area (Å²) in [6.45, 7) is 2.05. The van der Waals surface area contributed by atoms with Gasteiger partial charge in [-0.3, -0.25) is 4.79 Å². The lowest BCUT2D eigenvalue weighted by Gasteiger charge is -2.04. The number of thioether (sulfide) groups is 1. The largest absolute Gasteiger partial charge is 0.293 e. The second-order valence-corrected chi connectivity index (χ2v) is 6.86. The monoisotopic (exact) mass is 360 g/mol. The average Bonchev–Trinajstić information content (AvgIpc) is 3.09. The van der Waals surface area contributed by atoms with Crippen LogP contribution < -0.4 is 0 Å². The van der Waals surface area contributed by atoms with E-state index in [0.29, 0.717) is 22.1 Å². The highest BCUT2D eigenvalue weighted by Crippen LogP contribution is 2.21. The van der Waals surface area contributed by atoms with Crippen LogP contribution in [0.5, 0.6) is 0 Å². The van der Waals surface area contributed by atoms with Gasteiger partial charge in [-0.05, 0) is 19.1 Å². The molecule has 5 nitrogen and oxygen atoms in total. The normalized spacial score (nSPS) is 11.0. The van der Waals surface area contributed by atoms with Gasteiger partial charge in [-0.25, -0.2) is 0 Å². The van der Waals surface area contributed by atoms with E-state index in [-0.39, 0.29) is 5.78 Å². The molecule has 4 rings (SSSR count). The summed E-state index contributed by atoms with van der Waals surface area (Å²) in [6.07, 6.45) is 0.